The maximum absolute atomic E-state index is 12.1. The lowest BCUT2D eigenvalue weighted by molar-refractivity contribution is -0.139. The second kappa shape index (κ2) is 8.82. The van der Waals surface area contributed by atoms with Gasteiger partial charge in [-0.25, -0.2) is 4.98 Å². The fraction of sp³-hybridized carbons (Fsp3) is 0.227. The predicted octanol–water partition coefficient (Wildman–Crippen LogP) is 4.62. The molecule has 0 aliphatic heterocycles. The van der Waals surface area contributed by atoms with Crippen LogP contribution in [0.25, 0.3) is 10.9 Å². The third-order valence-corrected chi connectivity index (χ3v) is 5.17. The maximum Gasteiger partial charge on any atom is 0.316 e. The molecule has 4 nitrogen and oxygen atoms in total. The van der Waals surface area contributed by atoms with Crippen LogP contribution < -0.4 is 0 Å². The van der Waals surface area contributed by atoms with Crippen molar-refractivity contribution in [3.05, 3.63) is 71.3 Å². The molecule has 2 aromatic carbocycles. The van der Waals surface area contributed by atoms with Crippen LogP contribution in [-0.2, 0) is 16.0 Å². The van der Waals surface area contributed by atoms with Crippen molar-refractivity contribution in [2.75, 3.05) is 12.4 Å². The van der Waals surface area contributed by atoms with Crippen molar-refractivity contribution >= 4 is 34.4 Å². The zero-order chi connectivity index (χ0) is 19.2. The Labute approximate surface area is 163 Å². The normalized spacial score (nSPS) is 10.7. The van der Waals surface area contributed by atoms with E-state index in [1.807, 2.05) is 49.4 Å². The Balaban J connectivity index is 1.53. The molecule has 0 unspecified atom stereocenters. The first kappa shape index (κ1) is 19.1. The van der Waals surface area contributed by atoms with Crippen LogP contribution in [0.4, 0.5) is 0 Å². The molecule has 27 heavy (non-hydrogen) atoms. The first-order valence-corrected chi connectivity index (χ1v) is 9.82. The first-order chi connectivity index (χ1) is 13.1. The summed E-state index contributed by atoms with van der Waals surface area (Å²) in [6.45, 7) is 3.84. The molecule has 138 valence electrons. The Morgan fingerprint density at radius 3 is 2.56 bits per heavy atom. The third kappa shape index (κ3) is 4.95. The van der Waals surface area contributed by atoms with Gasteiger partial charge in [-0.15, -0.1) is 0 Å². The van der Waals surface area contributed by atoms with Gasteiger partial charge in [-0.05, 0) is 36.6 Å². The number of carbonyl (C=O) groups excluding carboxylic acids is 2. The van der Waals surface area contributed by atoms with Gasteiger partial charge < -0.3 is 4.74 Å². The molecule has 0 bridgehead atoms. The summed E-state index contributed by atoms with van der Waals surface area (Å²) in [5.41, 5.74) is 3.74. The van der Waals surface area contributed by atoms with Crippen LogP contribution in [0.15, 0.2) is 59.6 Å². The summed E-state index contributed by atoms with van der Waals surface area (Å²) in [7, 11) is 0. The summed E-state index contributed by atoms with van der Waals surface area (Å²) >= 11 is 1.31. The van der Waals surface area contributed by atoms with Crippen LogP contribution in [0.1, 0.15) is 28.4 Å². The summed E-state index contributed by atoms with van der Waals surface area (Å²) in [4.78, 5) is 28.7. The molecule has 0 aliphatic rings. The number of hydrogen-bond donors (Lipinski definition) is 0. The van der Waals surface area contributed by atoms with Crippen LogP contribution in [-0.4, -0.2) is 29.1 Å². The van der Waals surface area contributed by atoms with E-state index < -0.39 is 5.97 Å². The minimum absolute atomic E-state index is 0.118. The van der Waals surface area contributed by atoms with Gasteiger partial charge in [-0.1, -0.05) is 61.2 Å². The highest BCUT2D eigenvalue weighted by Gasteiger charge is 2.11. The number of para-hydroxylation sites is 1. The first-order valence-electron chi connectivity index (χ1n) is 8.83. The number of esters is 1. The Hall–Kier alpha value is -2.66. The number of thioether (sulfide) groups is 1. The lowest BCUT2D eigenvalue weighted by Crippen LogP contribution is -2.15. The highest BCUT2D eigenvalue weighted by molar-refractivity contribution is 7.99. The van der Waals surface area contributed by atoms with E-state index in [0.717, 1.165) is 33.5 Å². The monoisotopic (exact) mass is 379 g/mol. The minimum Gasteiger partial charge on any atom is -0.457 e. The molecule has 3 aromatic rings. The Kier molecular flexibility index (Phi) is 6.24. The van der Waals surface area contributed by atoms with Gasteiger partial charge >= 0.3 is 5.97 Å². The van der Waals surface area contributed by atoms with Gasteiger partial charge in [0.25, 0.3) is 0 Å². The number of ketones is 1. The average Bonchev–Trinajstić information content (AvgIpc) is 2.70. The van der Waals surface area contributed by atoms with E-state index in [1.54, 1.807) is 12.1 Å². The van der Waals surface area contributed by atoms with Crippen LogP contribution >= 0.6 is 11.8 Å². The van der Waals surface area contributed by atoms with E-state index in [-0.39, 0.29) is 18.1 Å². The molecule has 0 atom stereocenters. The van der Waals surface area contributed by atoms with E-state index in [1.165, 1.54) is 11.8 Å². The molecule has 3 rings (SSSR count). The zero-order valence-corrected chi connectivity index (χ0v) is 16.2. The summed E-state index contributed by atoms with van der Waals surface area (Å²) in [6, 6.07) is 17.2. The van der Waals surface area contributed by atoms with Gasteiger partial charge in [0.1, 0.15) is 0 Å². The predicted molar refractivity (Wildman–Crippen MR) is 108 cm³/mol. The molecule has 0 aliphatic carbocycles. The van der Waals surface area contributed by atoms with Crippen molar-refractivity contribution < 1.29 is 14.3 Å². The maximum atomic E-state index is 12.1. The molecule has 0 fully saturated rings. The molecule has 1 heterocycles. The van der Waals surface area contributed by atoms with Gasteiger partial charge in [-0.2, -0.15) is 0 Å². The quantitative estimate of drug-likeness (QED) is 0.340. The number of pyridine rings is 1. The van der Waals surface area contributed by atoms with E-state index in [2.05, 4.69) is 11.9 Å². The Morgan fingerprint density at radius 2 is 1.81 bits per heavy atom. The van der Waals surface area contributed by atoms with E-state index in [4.69, 9.17) is 4.74 Å². The number of nitrogens with zero attached hydrogens (tertiary/aromatic N) is 1. The molecule has 0 spiro atoms. The third-order valence-electron chi connectivity index (χ3n) is 4.29. The number of benzene rings is 2. The van der Waals surface area contributed by atoms with Gasteiger partial charge in [0, 0.05) is 10.9 Å². The topological polar surface area (TPSA) is 56.3 Å². The zero-order valence-electron chi connectivity index (χ0n) is 15.4. The molecule has 0 N–H and O–H groups in total. The lowest BCUT2D eigenvalue weighted by atomic mass is 10.1. The number of Topliss-reactive ketones (excluding diaryl/α,β-unsaturated/α-hetero) is 1. The summed E-state index contributed by atoms with van der Waals surface area (Å²) in [5.74, 6) is -0.505. The van der Waals surface area contributed by atoms with Crippen molar-refractivity contribution in [3.8, 4) is 0 Å². The van der Waals surface area contributed by atoms with E-state index in [9.17, 15) is 9.59 Å². The largest absolute Gasteiger partial charge is 0.457 e. The van der Waals surface area contributed by atoms with Crippen molar-refractivity contribution in [2.45, 2.75) is 25.3 Å². The van der Waals surface area contributed by atoms with Gasteiger partial charge in [0.05, 0.1) is 16.3 Å². The Bertz CT molecular complexity index is 967. The van der Waals surface area contributed by atoms with Gasteiger partial charge in [0.15, 0.2) is 12.4 Å². The lowest BCUT2D eigenvalue weighted by Gasteiger charge is -2.07. The molecule has 0 saturated carbocycles. The molecule has 0 saturated heterocycles. The second-order valence-corrected chi connectivity index (χ2v) is 7.21. The SMILES string of the molecule is CCc1ccc(C(=O)COC(=O)CSc2cc(C)c3ccccc3n2)cc1. The van der Waals surface area contributed by atoms with Crippen molar-refractivity contribution in [1.29, 1.82) is 0 Å². The van der Waals surface area contributed by atoms with Gasteiger partial charge in [-0.3, -0.25) is 9.59 Å². The minimum atomic E-state index is -0.425. The fourth-order valence-electron chi connectivity index (χ4n) is 2.72. The number of aromatic nitrogens is 1. The highest BCUT2D eigenvalue weighted by atomic mass is 32.2. The standard InChI is InChI=1S/C22H21NO3S/c1-3-16-8-10-17(11-9-16)20(24)13-26-22(25)14-27-21-12-15(2)18-6-4-5-7-19(18)23-21/h4-12H,3,13-14H2,1-2H3. The number of fused-ring (bicyclic) bond motifs is 1. The molecule has 0 amide bonds. The fourth-order valence-corrected chi connectivity index (χ4v) is 3.49. The molecule has 1 aromatic heterocycles. The van der Waals surface area contributed by atoms with Crippen LogP contribution in [0.3, 0.4) is 0 Å². The second-order valence-electron chi connectivity index (χ2n) is 6.22. The van der Waals surface area contributed by atoms with E-state index in [0.29, 0.717) is 5.56 Å². The number of rotatable bonds is 7. The average molecular weight is 379 g/mol. The van der Waals surface area contributed by atoms with E-state index >= 15 is 0 Å². The van der Waals surface area contributed by atoms with Crippen molar-refractivity contribution in [3.63, 3.8) is 0 Å². The summed E-state index contributed by atoms with van der Waals surface area (Å²) < 4.78 is 5.12. The summed E-state index contributed by atoms with van der Waals surface area (Å²) in [5, 5.41) is 1.87. The van der Waals surface area contributed by atoms with Crippen molar-refractivity contribution in [1.82, 2.24) is 4.98 Å². The number of hydrogen-bond acceptors (Lipinski definition) is 5. The Morgan fingerprint density at radius 1 is 1.07 bits per heavy atom. The molecular formula is C22H21NO3S. The molecule has 0 radical (unpaired) electrons. The van der Waals surface area contributed by atoms with Crippen LogP contribution in [0, 0.1) is 6.92 Å². The number of carbonyl (C=O) groups is 2. The van der Waals surface area contributed by atoms with Crippen LogP contribution in [0.5, 0.6) is 0 Å². The number of aryl methyl sites for hydroxylation is 2. The number of ether oxygens (including phenoxy) is 1. The smallest absolute Gasteiger partial charge is 0.316 e. The van der Waals surface area contributed by atoms with Crippen molar-refractivity contribution in [2.24, 2.45) is 0 Å². The summed E-state index contributed by atoms with van der Waals surface area (Å²) in [6.07, 6.45) is 0.920. The van der Waals surface area contributed by atoms with Crippen LogP contribution in [0.2, 0.25) is 0 Å². The van der Waals surface area contributed by atoms with Gasteiger partial charge in [0.2, 0.25) is 0 Å². The molecule has 5 heteroatoms. The molecular weight excluding hydrogens is 358 g/mol. The highest BCUT2D eigenvalue weighted by Crippen LogP contribution is 2.23.